The number of hydrogen-bond donors (Lipinski definition) is 1. The molecule has 0 radical (unpaired) electrons. The Morgan fingerprint density at radius 3 is 2.75 bits per heavy atom. The Bertz CT molecular complexity index is 584. The largest absolute Gasteiger partial charge is 0.492 e. The molecule has 0 unspecified atom stereocenters. The van der Waals surface area contributed by atoms with E-state index < -0.39 is 0 Å². The topological polar surface area (TPSA) is 39.1 Å². The van der Waals surface area contributed by atoms with Crippen LogP contribution in [0.5, 0.6) is 5.75 Å². The van der Waals surface area contributed by atoms with Crippen LogP contribution in [0.25, 0.3) is 0 Å². The average Bonchev–Trinajstić information content (AvgIpc) is 2.79. The molecule has 1 heterocycles. The predicted molar refractivity (Wildman–Crippen MR) is 86.8 cm³/mol. The monoisotopic (exact) mass is 401 g/mol. The molecule has 0 aliphatic heterocycles. The van der Waals surface area contributed by atoms with Crippen molar-refractivity contribution in [3.05, 3.63) is 44.6 Å². The van der Waals surface area contributed by atoms with Gasteiger partial charge in [-0.1, -0.05) is 15.9 Å². The normalized spacial score (nSPS) is 10.8. The molecule has 0 atom stereocenters. The second-order valence-electron chi connectivity index (χ2n) is 4.39. The first-order valence-electron chi connectivity index (χ1n) is 6.40. The molecule has 108 valence electrons. The van der Waals surface area contributed by atoms with Gasteiger partial charge >= 0.3 is 0 Å². The Kier molecular flexibility index (Phi) is 5.63. The summed E-state index contributed by atoms with van der Waals surface area (Å²) in [5.41, 5.74) is 2.14. The fraction of sp³-hybridized carbons (Fsp3) is 0.357. The van der Waals surface area contributed by atoms with Crippen LogP contribution in [-0.4, -0.2) is 16.4 Å². The van der Waals surface area contributed by atoms with Gasteiger partial charge in [-0.3, -0.25) is 4.68 Å². The van der Waals surface area contributed by atoms with Gasteiger partial charge in [0.2, 0.25) is 0 Å². The maximum absolute atomic E-state index is 5.70. The highest BCUT2D eigenvalue weighted by Gasteiger charge is 2.10. The molecule has 20 heavy (non-hydrogen) atoms. The van der Waals surface area contributed by atoms with Gasteiger partial charge < -0.3 is 10.1 Å². The molecule has 1 aromatic carbocycles. The number of nitrogens with one attached hydrogen (secondary N) is 1. The van der Waals surface area contributed by atoms with E-state index in [1.807, 2.05) is 32.3 Å². The Morgan fingerprint density at radius 1 is 1.30 bits per heavy atom. The highest BCUT2D eigenvalue weighted by Crippen LogP contribution is 2.32. The number of aromatic nitrogens is 2. The predicted octanol–water partition coefficient (Wildman–Crippen LogP) is 3.63. The molecule has 0 amide bonds. The van der Waals surface area contributed by atoms with Crippen LogP contribution >= 0.6 is 31.9 Å². The molecule has 2 rings (SSSR count). The molecule has 0 aliphatic rings. The van der Waals surface area contributed by atoms with E-state index in [1.165, 1.54) is 0 Å². The quantitative estimate of drug-likeness (QED) is 0.801. The summed E-state index contributed by atoms with van der Waals surface area (Å²) in [5, 5.41) is 7.73. The van der Waals surface area contributed by atoms with Crippen molar-refractivity contribution in [2.24, 2.45) is 7.05 Å². The minimum atomic E-state index is 0.646. The fourth-order valence-corrected chi connectivity index (χ4v) is 3.36. The van der Waals surface area contributed by atoms with Gasteiger partial charge in [-0.05, 0) is 41.1 Å². The average molecular weight is 403 g/mol. The van der Waals surface area contributed by atoms with Gasteiger partial charge in [0.25, 0.3) is 0 Å². The lowest BCUT2D eigenvalue weighted by molar-refractivity contribution is 0.333. The van der Waals surface area contributed by atoms with E-state index in [9.17, 15) is 0 Å². The molecule has 0 spiro atoms. The number of aryl methyl sites for hydroxylation is 1. The van der Waals surface area contributed by atoms with Crippen LogP contribution in [0.4, 0.5) is 0 Å². The lowest BCUT2D eigenvalue weighted by atomic mass is 10.2. The fourth-order valence-electron chi connectivity index (χ4n) is 1.93. The van der Waals surface area contributed by atoms with E-state index in [-0.39, 0.29) is 0 Å². The second kappa shape index (κ2) is 7.24. The molecule has 0 saturated heterocycles. The van der Waals surface area contributed by atoms with Crippen LogP contribution in [0.1, 0.15) is 18.2 Å². The zero-order chi connectivity index (χ0) is 14.5. The molecular formula is C14H17Br2N3O. The van der Waals surface area contributed by atoms with Crippen LogP contribution in [0.2, 0.25) is 0 Å². The van der Waals surface area contributed by atoms with Gasteiger partial charge in [-0.25, -0.2) is 0 Å². The summed E-state index contributed by atoms with van der Waals surface area (Å²) in [6.45, 7) is 4.09. The number of halogens is 2. The van der Waals surface area contributed by atoms with Gasteiger partial charge in [-0.2, -0.15) is 5.10 Å². The third-order valence-corrected chi connectivity index (χ3v) is 3.81. The van der Waals surface area contributed by atoms with E-state index >= 15 is 0 Å². The molecule has 0 fully saturated rings. The smallest absolute Gasteiger partial charge is 0.138 e. The van der Waals surface area contributed by atoms with Crippen molar-refractivity contribution in [1.82, 2.24) is 15.1 Å². The zero-order valence-electron chi connectivity index (χ0n) is 11.5. The first-order chi connectivity index (χ1) is 9.60. The molecule has 4 nitrogen and oxygen atoms in total. The zero-order valence-corrected chi connectivity index (χ0v) is 14.7. The summed E-state index contributed by atoms with van der Waals surface area (Å²) >= 11 is 7.05. The Morgan fingerprint density at radius 2 is 2.10 bits per heavy atom. The van der Waals surface area contributed by atoms with Crippen molar-refractivity contribution < 1.29 is 4.74 Å². The van der Waals surface area contributed by atoms with Crippen LogP contribution in [0, 0.1) is 0 Å². The first-order valence-corrected chi connectivity index (χ1v) is 7.98. The molecular weight excluding hydrogens is 386 g/mol. The minimum Gasteiger partial charge on any atom is -0.492 e. The SMILES string of the molecule is CCOc1c(Br)cc(Br)cc1CNCc1ccn(C)n1. The lowest BCUT2D eigenvalue weighted by Gasteiger charge is -2.13. The Hall–Kier alpha value is -0.850. The van der Waals surface area contributed by atoms with E-state index in [0.29, 0.717) is 6.61 Å². The van der Waals surface area contributed by atoms with Crippen LogP contribution in [-0.2, 0) is 20.1 Å². The Balaban J connectivity index is 2.04. The second-order valence-corrected chi connectivity index (χ2v) is 6.16. The number of hydrogen-bond acceptors (Lipinski definition) is 3. The summed E-state index contributed by atoms with van der Waals surface area (Å²) in [7, 11) is 1.92. The molecule has 0 aliphatic carbocycles. The van der Waals surface area contributed by atoms with E-state index in [1.54, 1.807) is 4.68 Å². The first kappa shape index (κ1) is 15.5. The van der Waals surface area contributed by atoms with Gasteiger partial charge in [0.15, 0.2) is 0 Å². The highest BCUT2D eigenvalue weighted by atomic mass is 79.9. The number of rotatable bonds is 6. The van der Waals surface area contributed by atoms with Crippen LogP contribution < -0.4 is 10.1 Å². The van der Waals surface area contributed by atoms with Gasteiger partial charge in [-0.15, -0.1) is 0 Å². The molecule has 0 bridgehead atoms. The van der Waals surface area contributed by atoms with Crippen molar-refractivity contribution in [1.29, 1.82) is 0 Å². The summed E-state index contributed by atoms with van der Waals surface area (Å²) < 4.78 is 9.50. The molecule has 6 heteroatoms. The van der Waals surface area contributed by atoms with Crippen molar-refractivity contribution in [3.63, 3.8) is 0 Å². The standard InChI is InChI=1S/C14H17Br2N3O/c1-3-20-14-10(6-11(15)7-13(14)16)8-17-9-12-4-5-19(2)18-12/h4-7,17H,3,8-9H2,1-2H3. The summed E-state index contributed by atoms with van der Waals surface area (Å²) in [6.07, 6.45) is 1.94. The van der Waals surface area contributed by atoms with E-state index in [4.69, 9.17) is 4.74 Å². The third kappa shape index (κ3) is 4.07. The molecule has 2 aromatic rings. The van der Waals surface area contributed by atoms with Gasteiger partial charge in [0.05, 0.1) is 16.8 Å². The van der Waals surface area contributed by atoms with Crippen molar-refractivity contribution in [2.45, 2.75) is 20.0 Å². The van der Waals surface area contributed by atoms with Crippen molar-refractivity contribution in [3.8, 4) is 5.75 Å². The number of ether oxygens (including phenoxy) is 1. The highest BCUT2D eigenvalue weighted by molar-refractivity contribution is 9.11. The number of benzene rings is 1. The Labute approximate surface area is 135 Å². The maximum atomic E-state index is 5.70. The van der Waals surface area contributed by atoms with Crippen molar-refractivity contribution in [2.75, 3.05) is 6.61 Å². The van der Waals surface area contributed by atoms with Crippen molar-refractivity contribution >= 4 is 31.9 Å². The minimum absolute atomic E-state index is 0.646. The van der Waals surface area contributed by atoms with Crippen LogP contribution in [0.15, 0.2) is 33.3 Å². The van der Waals surface area contributed by atoms with Crippen LogP contribution in [0.3, 0.4) is 0 Å². The molecule has 1 aromatic heterocycles. The number of nitrogens with zero attached hydrogens (tertiary/aromatic N) is 2. The summed E-state index contributed by atoms with van der Waals surface area (Å²) in [4.78, 5) is 0. The molecule has 1 N–H and O–H groups in total. The summed E-state index contributed by atoms with van der Waals surface area (Å²) in [6, 6.07) is 6.07. The van der Waals surface area contributed by atoms with E-state index in [0.717, 1.165) is 39.0 Å². The lowest BCUT2D eigenvalue weighted by Crippen LogP contribution is -2.14. The molecule has 0 saturated carbocycles. The third-order valence-electron chi connectivity index (χ3n) is 2.76. The van der Waals surface area contributed by atoms with E-state index in [2.05, 4.69) is 48.3 Å². The van der Waals surface area contributed by atoms with Gasteiger partial charge in [0.1, 0.15) is 5.75 Å². The summed E-state index contributed by atoms with van der Waals surface area (Å²) in [5.74, 6) is 0.893. The maximum Gasteiger partial charge on any atom is 0.138 e. The van der Waals surface area contributed by atoms with Gasteiger partial charge in [0, 0.05) is 36.4 Å².